The van der Waals surface area contributed by atoms with Gasteiger partial charge in [-0.15, -0.1) is 0 Å². The van der Waals surface area contributed by atoms with E-state index in [2.05, 4.69) is 9.97 Å². The lowest BCUT2D eigenvalue weighted by Crippen LogP contribution is -2.40. The third-order valence-corrected chi connectivity index (χ3v) is 5.72. The Labute approximate surface area is 174 Å². The minimum atomic E-state index is -0.525. The monoisotopic (exact) mass is 415 g/mol. The van der Waals surface area contributed by atoms with E-state index < -0.39 is 11.4 Å². The molecule has 1 saturated heterocycles. The molecular formula is C21H26FN5O3. The summed E-state index contributed by atoms with van der Waals surface area (Å²) in [7, 11) is 3.54. The van der Waals surface area contributed by atoms with Crippen LogP contribution in [-0.4, -0.2) is 57.3 Å². The summed E-state index contributed by atoms with van der Waals surface area (Å²) < 4.78 is 21.1. The standard InChI is InChI=1S/C21H26FN5O3/c1-21(2,3)30-20(29)27-10-13-14(11-27)18(13)26(5)19-24-16(8-17(28)25(19)4)12-6-7-23-9-15(12)22/h6-9,13-14,18H,10-11H2,1-5H3/t13-,14+,18?. The first kappa shape index (κ1) is 20.3. The van der Waals surface area contributed by atoms with Crippen LogP contribution in [0.5, 0.6) is 0 Å². The molecule has 2 aromatic rings. The molecule has 0 bridgehead atoms. The molecule has 1 unspecified atom stereocenters. The smallest absolute Gasteiger partial charge is 0.410 e. The van der Waals surface area contributed by atoms with Gasteiger partial charge in [0.25, 0.3) is 5.56 Å². The fourth-order valence-corrected chi connectivity index (χ4v) is 4.24. The van der Waals surface area contributed by atoms with Gasteiger partial charge in [-0.3, -0.25) is 14.3 Å². The Hall–Kier alpha value is -2.97. The molecule has 1 amide bonds. The highest BCUT2D eigenvalue weighted by molar-refractivity contribution is 5.69. The summed E-state index contributed by atoms with van der Waals surface area (Å²) in [4.78, 5) is 36.8. The summed E-state index contributed by atoms with van der Waals surface area (Å²) in [5.74, 6) is 0.529. The highest BCUT2D eigenvalue weighted by atomic mass is 19.1. The van der Waals surface area contributed by atoms with Gasteiger partial charge in [-0.05, 0) is 26.8 Å². The quantitative estimate of drug-likeness (QED) is 0.765. The second-order valence-electron chi connectivity index (χ2n) is 9.01. The summed E-state index contributed by atoms with van der Waals surface area (Å²) in [6.07, 6.45) is 2.28. The Kier molecular flexibility index (Phi) is 4.79. The Morgan fingerprint density at radius 1 is 1.30 bits per heavy atom. The van der Waals surface area contributed by atoms with Gasteiger partial charge in [0.1, 0.15) is 5.60 Å². The van der Waals surface area contributed by atoms with Crippen molar-refractivity contribution in [1.82, 2.24) is 19.4 Å². The minimum absolute atomic E-state index is 0.166. The molecule has 9 heteroatoms. The van der Waals surface area contributed by atoms with E-state index in [9.17, 15) is 14.0 Å². The van der Waals surface area contributed by atoms with Crippen LogP contribution in [0, 0.1) is 17.7 Å². The molecule has 160 valence electrons. The second-order valence-corrected chi connectivity index (χ2v) is 9.01. The van der Waals surface area contributed by atoms with Crippen LogP contribution in [0.4, 0.5) is 15.1 Å². The predicted octanol–water partition coefficient (Wildman–Crippen LogP) is 2.28. The average molecular weight is 415 g/mol. The van der Waals surface area contributed by atoms with Crippen LogP contribution in [0.25, 0.3) is 11.3 Å². The number of carbonyl (C=O) groups excluding carboxylic acids is 1. The number of piperidine rings is 1. The highest BCUT2D eigenvalue weighted by Crippen LogP contribution is 2.49. The van der Waals surface area contributed by atoms with Crippen LogP contribution in [0.3, 0.4) is 0 Å². The largest absolute Gasteiger partial charge is 0.444 e. The van der Waals surface area contributed by atoms with E-state index in [0.29, 0.717) is 30.9 Å². The van der Waals surface area contributed by atoms with Gasteiger partial charge < -0.3 is 14.5 Å². The van der Waals surface area contributed by atoms with Crippen molar-refractivity contribution >= 4 is 12.0 Å². The number of rotatable bonds is 3. The van der Waals surface area contributed by atoms with E-state index in [1.807, 2.05) is 32.7 Å². The van der Waals surface area contributed by atoms with Gasteiger partial charge in [-0.2, -0.15) is 0 Å². The molecule has 3 heterocycles. The Morgan fingerprint density at radius 3 is 2.57 bits per heavy atom. The number of likely N-dealkylation sites (tertiary alicyclic amines) is 1. The zero-order valence-corrected chi connectivity index (χ0v) is 17.8. The number of nitrogens with zero attached hydrogens (tertiary/aromatic N) is 5. The summed E-state index contributed by atoms with van der Waals surface area (Å²) in [5, 5.41) is 0. The van der Waals surface area contributed by atoms with Gasteiger partial charge in [0, 0.05) is 62.9 Å². The number of pyridine rings is 1. The molecule has 4 rings (SSSR count). The van der Waals surface area contributed by atoms with E-state index in [1.54, 1.807) is 11.9 Å². The SMILES string of the molecule is CN(c1nc(-c2ccncc2F)cc(=O)n1C)C1[C@H]2CN(C(=O)OC(C)(C)C)C[C@@H]12. The third kappa shape index (κ3) is 3.64. The maximum absolute atomic E-state index is 14.2. The predicted molar refractivity (Wildman–Crippen MR) is 110 cm³/mol. The molecule has 2 aliphatic rings. The van der Waals surface area contributed by atoms with Gasteiger partial charge in [0.15, 0.2) is 5.82 Å². The Bertz CT molecular complexity index is 1040. The molecular weight excluding hydrogens is 389 g/mol. The van der Waals surface area contributed by atoms with E-state index in [1.165, 1.54) is 22.9 Å². The van der Waals surface area contributed by atoms with Gasteiger partial charge in [0.2, 0.25) is 5.95 Å². The molecule has 0 aromatic carbocycles. The van der Waals surface area contributed by atoms with Gasteiger partial charge in [-0.1, -0.05) is 0 Å². The van der Waals surface area contributed by atoms with Crippen molar-refractivity contribution in [2.75, 3.05) is 25.0 Å². The summed E-state index contributed by atoms with van der Waals surface area (Å²) in [5.41, 5.74) is -0.269. The number of fused-ring (bicyclic) bond motifs is 1. The zero-order valence-electron chi connectivity index (χ0n) is 17.8. The minimum Gasteiger partial charge on any atom is -0.444 e. The molecule has 2 fully saturated rings. The Balaban J connectivity index is 1.52. The maximum atomic E-state index is 14.2. The van der Waals surface area contributed by atoms with Crippen LogP contribution < -0.4 is 10.5 Å². The van der Waals surface area contributed by atoms with Gasteiger partial charge in [0.05, 0.1) is 11.9 Å². The van der Waals surface area contributed by atoms with E-state index in [0.717, 1.165) is 6.20 Å². The summed E-state index contributed by atoms with van der Waals surface area (Å²) in [6.45, 7) is 6.78. The number of carbonyl (C=O) groups is 1. The molecule has 0 N–H and O–H groups in total. The van der Waals surface area contributed by atoms with Crippen molar-refractivity contribution in [2.24, 2.45) is 18.9 Å². The lowest BCUT2D eigenvalue weighted by molar-refractivity contribution is 0.0271. The molecule has 8 nitrogen and oxygen atoms in total. The van der Waals surface area contributed by atoms with Crippen LogP contribution in [-0.2, 0) is 11.8 Å². The number of aromatic nitrogens is 3. The van der Waals surface area contributed by atoms with Crippen molar-refractivity contribution in [3.05, 3.63) is 40.7 Å². The Morgan fingerprint density at radius 2 is 1.97 bits per heavy atom. The zero-order chi connectivity index (χ0) is 21.8. The van der Waals surface area contributed by atoms with Crippen molar-refractivity contribution in [1.29, 1.82) is 0 Å². The summed E-state index contributed by atoms with van der Waals surface area (Å²) in [6, 6.07) is 3.00. The van der Waals surface area contributed by atoms with Crippen LogP contribution in [0.15, 0.2) is 29.3 Å². The molecule has 3 atom stereocenters. The van der Waals surface area contributed by atoms with Gasteiger partial charge >= 0.3 is 6.09 Å². The number of amides is 1. The average Bonchev–Trinajstić information content (AvgIpc) is 3.15. The van der Waals surface area contributed by atoms with Crippen molar-refractivity contribution in [3.63, 3.8) is 0 Å². The molecule has 0 spiro atoms. The lowest BCUT2D eigenvalue weighted by atomic mass is 10.2. The number of anilines is 1. The van der Waals surface area contributed by atoms with Gasteiger partial charge in [-0.25, -0.2) is 14.2 Å². The van der Waals surface area contributed by atoms with Crippen LogP contribution in [0.1, 0.15) is 20.8 Å². The molecule has 0 radical (unpaired) electrons. The van der Waals surface area contributed by atoms with Crippen molar-refractivity contribution in [2.45, 2.75) is 32.4 Å². The first-order valence-corrected chi connectivity index (χ1v) is 9.95. The maximum Gasteiger partial charge on any atom is 0.410 e. The number of hydrogen-bond donors (Lipinski definition) is 0. The van der Waals surface area contributed by atoms with Crippen LogP contribution >= 0.6 is 0 Å². The first-order chi connectivity index (χ1) is 14.1. The van der Waals surface area contributed by atoms with E-state index in [-0.39, 0.29) is 29.0 Å². The topological polar surface area (TPSA) is 80.6 Å². The van der Waals surface area contributed by atoms with Crippen LogP contribution in [0.2, 0.25) is 0 Å². The molecule has 30 heavy (non-hydrogen) atoms. The first-order valence-electron chi connectivity index (χ1n) is 9.95. The normalized spacial score (nSPS) is 22.6. The number of ether oxygens (including phenoxy) is 1. The second kappa shape index (κ2) is 7.07. The van der Waals surface area contributed by atoms with Crippen molar-refractivity contribution < 1.29 is 13.9 Å². The van der Waals surface area contributed by atoms with E-state index >= 15 is 0 Å². The highest BCUT2D eigenvalue weighted by Gasteiger charge is 2.59. The fourth-order valence-electron chi connectivity index (χ4n) is 4.24. The molecule has 2 aromatic heterocycles. The van der Waals surface area contributed by atoms with Crippen molar-refractivity contribution in [3.8, 4) is 11.3 Å². The fraction of sp³-hybridized carbons (Fsp3) is 0.524. The van der Waals surface area contributed by atoms with E-state index in [4.69, 9.17) is 4.74 Å². The number of hydrogen-bond acceptors (Lipinski definition) is 6. The summed E-state index contributed by atoms with van der Waals surface area (Å²) >= 11 is 0. The molecule has 1 aliphatic heterocycles. The molecule has 1 saturated carbocycles. The number of halogens is 1. The third-order valence-electron chi connectivity index (χ3n) is 5.72. The lowest BCUT2D eigenvalue weighted by Gasteiger charge is -2.28. The molecule has 1 aliphatic carbocycles.